The Bertz CT molecular complexity index is 1890. The van der Waals surface area contributed by atoms with Gasteiger partial charge in [0.1, 0.15) is 10.8 Å². The molecule has 248 valence electrons. The van der Waals surface area contributed by atoms with E-state index in [2.05, 4.69) is 10.6 Å². The molecule has 3 heterocycles. The molecular formula is C36H43N5O5S. The highest BCUT2D eigenvalue weighted by Gasteiger charge is 2.43. The van der Waals surface area contributed by atoms with Crippen LogP contribution in [0.2, 0.25) is 0 Å². The smallest absolute Gasteiger partial charge is 0.251 e. The highest BCUT2D eigenvalue weighted by Crippen LogP contribution is 2.40. The summed E-state index contributed by atoms with van der Waals surface area (Å²) < 4.78 is 29.5. The number of aryl methyl sites for hydroxylation is 1. The topological polar surface area (TPSA) is 124 Å². The molecule has 2 aliphatic heterocycles. The number of carbonyl (C=O) groups excluding carboxylic acids is 2. The first-order chi connectivity index (χ1) is 22.4. The Morgan fingerprint density at radius 2 is 1.72 bits per heavy atom. The van der Waals surface area contributed by atoms with Crippen molar-refractivity contribution in [1.82, 2.24) is 20.1 Å². The number of aliphatic hydroxyl groups excluding tert-OH is 1. The molecule has 0 saturated carbocycles. The predicted octanol–water partition coefficient (Wildman–Crippen LogP) is 3.46. The van der Waals surface area contributed by atoms with Gasteiger partial charge in [-0.3, -0.25) is 13.9 Å². The number of aliphatic hydroxyl groups is 1. The Balaban J connectivity index is 1.33. The number of aromatic nitrogens is 1. The summed E-state index contributed by atoms with van der Waals surface area (Å²) in [4.78, 5) is 29.6. The molecule has 2 aliphatic rings. The maximum atomic E-state index is 14.1. The van der Waals surface area contributed by atoms with Crippen molar-refractivity contribution in [1.29, 1.82) is 0 Å². The fraction of sp³-hybridized carbons (Fsp3) is 0.389. The van der Waals surface area contributed by atoms with Gasteiger partial charge in [0.25, 0.3) is 5.91 Å². The molecule has 3 aromatic carbocycles. The molecule has 1 aromatic heterocycles. The largest absolute Gasteiger partial charge is 0.389 e. The van der Waals surface area contributed by atoms with E-state index < -0.39 is 38.9 Å². The van der Waals surface area contributed by atoms with Crippen LogP contribution in [0.5, 0.6) is 0 Å². The Kier molecular flexibility index (Phi) is 8.90. The van der Waals surface area contributed by atoms with Crippen LogP contribution in [0.4, 0.5) is 5.69 Å². The minimum Gasteiger partial charge on any atom is -0.389 e. The lowest BCUT2D eigenvalue weighted by Gasteiger charge is -2.38. The molecule has 11 heteroatoms. The van der Waals surface area contributed by atoms with Crippen molar-refractivity contribution in [3.05, 3.63) is 101 Å². The summed E-state index contributed by atoms with van der Waals surface area (Å²) in [6.07, 6.45) is 1.73. The van der Waals surface area contributed by atoms with Gasteiger partial charge < -0.3 is 25.2 Å². The molecule has 0 radical (unpaired) electrons. The third-order valence-corrected chi connectivity index (χ3v) is 12.0. The second-order valence-corrected chi connectivity index (χ2v) is 15.8. The highest BCUT2D eigenvalue weighted by molar-refractivity contribution is 7.94. The van der Waals surface area contributed by atoms with E-state index in [0.717, 1.165) is 27.6 Å². The second-order valence-electron chi connectivity index (χ2n) is 13.2. The summed E-state index contributed by atoms with van der Waals surface area (Å²) >= 11 is 0. The standard InChI is InChI=1S/C36H43N5O5S/c1-5-26-22-41-23-36(2,3)47(45,46)39(4)30-20-27(19-28(26)32(30)41)34(43)38-29(18-24-12-8-6-9-13-24)33(42)31-35(44)40(17-16-37-31)21-25-14-10-7-11-15-25/h6-15,19-20,22,29,31,33,37,42H,5,16-18,21,23H2,1-4H3,(H,38,43)/t29-,31-,33-/m0/s1. The minimum absolute atomic E-state index is 0.231. The first-order valence-electron chi connectivity index (χ1n) is 16.1. The van der Waals surface area contributed by atoms with Crippen molar-refractivity contribution >= 4 is 38.4 Å². The molecule has 6 rings (SSSR count). The number of hydrogen-bond donors (Lipinski definition) is 3. The van der Waals surface area contributed by atoms with Crippen LogP contribution in [-0.4, -0.2) is 77.9 Å². The van der Waals surface area contributed by atoms with E-state index in [9.17, 15) is 23.1 Å². The van der Waals surface area contributed by atoms with Crippen molar-refractivity contribution in [2.45, 2.75) is 69.6 Å². The van der Waals surface area contributed by atoms with Gasteiger partial charge in [-0.2, -0.15) is 0 Å². The first-order valence-corrected chi connectivity index (χ1v) is 17.6. The van der Waals surface area contributed by atoms with E-state index in [1.54, 1.807) is 30.9 Å². The fourth-order valence-electron chi connectivity index (χ4n) is 6.84. The molecule has 10 nitrogen and oxygen atoms in total. The third kappa shape index (κ3) is 6.15. The number of nitrogens with one attached hydrogen (secondary N) is 2. The van der Waals surface area contributed by atoms with Gasteiger partial charge in [-0.1, -0.05) is 67.6 Å². The van der Waals surface area contributed by atoms with Gasteiger partial charge in [-0.05, 0) is 55.5 Å². The van der Waals surface area contributed by atoms with Crippen molar-refractivity contribution < 1.29 is 23.1 Å². The number of sulfonamides is 1. The lowest BCUT2D eigenvalue weighted by molar-refractivity contribution is -0.140. The molecule has 0 bridgehead atoms. The predicted molar refractivity (Wildman–Crippen MR) is 184 cm³/mol. The first kappa shape index (κ1) is 32.7. The molecule has 0 unspecified atom stereocenters. The average molecular weight is 658 g/mol. The quantitative estimate of drug-likeness (QED) is 0.253. The fourth-order valence-corrected chi connectivity index (χ4v) is 8.29. The van der Waals surface area contributed by atoms with E-state index in [0.29, 0.717) is 31.7 Å². The lowest BCUT2D eigenvalue weighted by atomic mass is 9.93. The Hall–Kier alpha value is -4.19. The van der Waals surface area contributed by atoms with Gasteiger partial charge in [0, 0.05) is 50.4 Å². The Morgan fingerprint density at radius 3 is 2.38 bits per heavy atom. The summed E-state index contributed by atoms with van der Waals surface area (Å²) in [5.41, 5.74) is 4.37. The molecule has 0 aliphatic carbocycles. The Labute approximate surface area is 276 Å². The molecule has 3 atom stereocenters. The highest BCUT2D eigenvalue weighted by atomic mass is 32.2. The number of hydrogen-bond acceptors (Lipinski definition) is 6. The van der Waals surface area contributed by atoms with Crippen LogP contribution >= 0.6 is 0 Å². The molecule has 1 saturated heterocycles. The normalized spacial score (nSPS) is 20.1. The van der Waals surface area contributed by atoms with Crippen LogP contribution in [0.25, 0.3) is 10.9 Å². The molecular weight excluding hydrogens is 614 g/mol. The number of rotatable bonds is 9. The van der Waals surface area contributed by atoms with Crippen molar-refractivity contribution in [3.8, 4) is 0 Å². The molecule has 2 amide bonds. The van der Waals surface area contributed by atoms with Crippen molar-refractivity contribution in [3.63, 3.8) is 0 Å². The van der Waals surface area contributed by atoms with Crippen LogP contribution in [0, 0.1) is 0 Å². The Morgan fingerprint density at radius 1 is 1.06 bits per heavy atom. The van der Waals surface area contributed by atoms with Crippen molar-refractivity contribution in [2.24, 2.45) is 0 Å². The monoisotopic (exact) mass is 657 g/mol. The maximum Gasteiger partial charge on any atom is 0.251 e. The second kappa shape index (κ2) is 12.8. The van der Waals surface area contributed by atoms with E-state index >= 15 is 0 Å². The van der Waals surface area contributed by atoms with E-state index in [-0.39, 0.29) is 24.4 Å². The van der Waals surface area contributed by atoms with Gasteiger partial charge in [-0.15, -0.1) is 0 Å². The van der Waals surface area contributed by atoms with Crippen molar-refractivity contribution in [2.75, 3.05) is 24.4 Å². The summed E-state index contributed by atoms with van der Waals surface area (Å²) in [5, 5.41) is 18.8. The molecule has 47 heavy (non-hydrogen) atoms. The number of carbonyl (C=O) groups is 2. The maximum absolute atomic E-state index is 14.1. The summed E-state index contributed by atoms with van der Waals surface area (Å²) in [5.74, 6) is -0.693. The summed E-state index contributed by atoms with van der Waals surface area (Å²) in [6.45, 7) is 7.17. The van der Waals surface area contributed by atoms with E-state index in [4.69, 9.17) is 0 Å². The zero-order valence-electron chi connectivity index (χ0n) is 27.3. The SMILES string of the molecule is CCc1cn2c3c(cc(C(=O)N[C@@H](Cc4ccccc4)[C@H](O)[C@@H]4NCCN(Cc5ccccc5)C4=O)cc13)N(C)S(=O)(=O)C(C)(C)C2. The summed E-state index contributed by atoms with van der Waals surface area (Å²) in [7, 11) is -2.22. The van der Waals surface area contributed by atoms with E-state index in [1.807, 2.05) is 78.4 Å². The zero-order valence-corrected chi connectivity index (χ0v) is 28.1. The molecule has 0 spiro atoms. The number of amides is 2. The van der Waals surface area contributed by atoms with E-state index in [1.165, 1.54) is 11.4 Å². The molecule has 3 N–H and O–H groups in total. The zero-order chi connectivity index (χ0) is 33.5. The minimum atomic E-state index is -3.76. The lowest BCUT2D eigenvalue weighted by Crippen LogP contribution is -2.63. The van der Waals surface area contributed by atoms with Gasteiger partial charge in [0.2, 0.25) is 15.9 Å². The van der Waals surface area contributed by atoms with Gasteiger partial charge in [0.05, 0.1) is 23.3 Å². The summed E-state index contributed by atoms with van der Waals surface area (Å²) in [6, 6.07) is 20.9. The molecule has 1 fully saturated rings. The number of nitrogens with zero attached hydrogens (tertiary/aromatic N) is 3. The van der Waals surface area contributed by atoms with Crippen LogP contribution in [-0.2, 0) is 40.7 Å². The number of benzene rings is 3. The third-order valence-electron chi connectivity index (χ3n) is 9.54. The van der Waals surface area contributed by atoms with Crippen LogP contribution in [0.1, 0.15) is 47.8 Å². The van der Waals surface area contributed by atoms with Crippen LogP contribution in [0.15, 0.2) is 79.0 Å². The van der Waals surface area contributed by atoms with Crippen LogP contribution < -0.4 is 14.9 Å². The number of anilines is 1. The van der Waals surface area contributed by atoms with Gasteiger partial charge >= 0.3 is 0 Å². The van der Waals surface area contributed by atoms with Crippen LogP contribution in [0.3, 0.4) is 0 Å². The number of piperazine rings is 1. The average Bonchev–Trinajstić information content (AvgIpc) is 3.39. The van der Waals surface area contributed by atoms with Gasteiger partial charge in [-0.25, -0.2) is 8.42 Å². The van der Waals surface area contributed by atoms with Gasteiger partial charge in [0.15, 0.2) is 0 Å². The molecule has 4 aromatic rings.